The van der Waals surface area contributed by atoms with Gasteiger partial charge >= 0.3 is 0 Å². The van der Waals surface area contributed by atoms with E-state index in [0.29, 0.717) is 5.65 Å². The molecule has 5 aromatic rings. The Labute approximate surface area is 172 Å². The van der Waals surface area contributed by atoms with Gasteiger partial charge in [0.25, 0.3) is 0 Å². The summed E-state index contributed by atoms with van der Waals surface area (Å²) in [6.07, 6.45) is 5.50. The molecule has 6 heterocycles. The van der Waals surface area contributed by atoms with E-state index in [1.54, 1.807) is 17.5 Å². The van der Waals surface area contributed by atoms with Crippen molar-refractivity contribution < 1.29 is 0 Å². The largest absolute Gasteiger partial charge is 0.346 e. The number of pyridine rings is 2. The molecule has 0 aliphatic carbocycles. The summed E-state index contributed by atoms with van der Waals surface area (Å²) in [5.41, 5.74) is 6.95. The molecule has 30 heavy (non-hydrogen) atoms. The van der Waals surface area contributed by atoms with Crippen molar-refractivity contribution in [3.8, 4) is 11.3 Å². The fourth-order valence-electron chi connectivity index (χ4n) is 3.94. The van der Waals surface area contributed by atoms with Gasteiger partial charge in [-0.1, -0.05) is 6.07 Å². The number of rotatable bonds is 0. The lowest BCUT2D eigenvalue weighted by molar-refractivity contribution is 1.13. The van der Waals surface area contributed by atoms with E-state index < -0.39 is 0 Å². The van der Waals surface area contributed by atoms with Crippen LogP contribution < -0.4 is 0 Å². The fraction of sp³-hybridized carbons (Fsp3) is 0. The van der Waals surface area contributed by atoms with Gasteiger partial charge in [-0.05, 0) is 41.8 Å². The zero-order valence-corrected chi connectivity index (χ0v) is 16.3. The highest BCUT2D eigenvalue weighted by Crippen LogP contribution is 2.31. The molecule has 142 valence electrons. The molecule has 0 fully saturated rings. The summed E-state index contributed by atoms with van der Waals surface area (Å²) >= 11 is 1.63. The van der Waals surface area contributed by atoms with E-state index in [4.69, 9.17) is 9.97 Å². The van der Waals surface area contributed by atoms with Gasteiger partial charge in [-0.2, -0.15) is 0 Å². The number of thiophene rings is 1. The van der Waals surface area contributed by atoms with Gasteiger partial charge in [-0.3, -0.25) is 15.1 Å². The number of hydrogen-bond donors (Lipinski definition) is 3. The topological polar surface area (TPSA) is 98.9 Å². The van der Waals surface area contributed by atoms with E-state index in [9.17, 15) is 0 Å². The third-order valence-corrected chi connectivity index (χ3v) is 6.37. The second-order valence-electron chi connectivity index (χ2n) is 7.21. The van der Waals surface area contributed by atoms with Crippen LogP contribution in [-0.4, -0.2) is 35.1 Å². The van der Waals surface area contributed by atoms with Crippen molar-refractivity contribution in [2.24, 2.45) is 0 Å². The Morgan fingerprint density at radius 3 is 2.83 bits per heavy atom. The third kappa shape index (κ3) is 2.25. The number of nitrogens with zero attached hydrogens (tertiary/aromatic N) is 4. The molecule has 0 spiro atoms. The first-order valence-electron chi connectivity index (χ1n) is 9.48. The van der Waals surface area contributed by atoms with Gasteiger partial charge in [0.1, 0.15) is 16.7 Å². The van der Waals surface area contributed by atoms with Crippen LogP contribution in [0.25, 0.3) is 64.8 Å². The van der Waals surface area contributed by atoms with E-state index in [2.05, 4.69) is 61.5 Å². The minimum atomic E-state index is 0.652. The second kappa shape index (κ2) is 5.74. The summed E-state index contributed by atoms with van der Waals surface area (Å²) in [4.78, 5) is 23.2. The molecule has 7 nitrogen and oxygen atoms in total. The molecule has 0 saturated carbocycles. The highest BCUT2D eigenvalue weighted by Gasteiger charge is 2.14. The summed E-state index contributed by atoms with van der Waals surface area (Å²) in [7, 11) is 0. The van der Waals surface area contributed by atoms with E-state index in [1.165, 1.54) is 0 Å². The number of imidazole rings is 1. The van der Waals surface area contributed by atoms with Crippen molar-refractivity contribution in [3.63, 3.8) is 0 Å². The normalized spacial score (nSPS) is 12.0. The van der Waals surface area contributed by atoms with Gasteiger partial charge in [-0.15, -0.1) is 11.3 Å². The minimum Gasteiger partial charge on any atom is -0.346 e. The van der Waals surface area contributed by atoms with Crippen molar-refractivity contribution in [1.29, 1.82) is 0 Å². The maximum absolute atomic E-state index is 4.86. The van der Waals surface area contributed by atoms with Crippen molar-refractivity contribution >= 4 is 64.9 Å². The Balaban J connectivity index is 1.75. The smallest absolute Gasteiger partial charge is 0.179 e. The molecule has 3 N–H and O–H groups in total. The van der Waals surface area contributed by atoms with Crippen LogP contribution in [-0.2, 0) is 0 Å². The van der Waals surface area contributed by atoms with Crippen LogP contribution in [0.3, 0.4) is 0 Å². The Morgan fingerprint density at radius 2 is 1.83 bits per heavy atom. The number of nitrogens with one attached hydrogen (secondary N) is 3. The average Bonchev–Trinajstić information content (AvgIpc) is 3.50. The third-order valence-electron chi connectivity index (χ3n) is 5.36. The highest BCUT2D eigenvalue weighted by atomic mass is 32.1. The lowest BCUT2D eigenvalue weighted by Gasteiger charge is -1.99. The first kappa shape index (κ1) is 15.8. The number of hydrogen-bond acceptors (Lipinski definition) is 5. The maximum Gasteiger partial charge on any atom is 0.179 e. The monoisotopic (exact) mass is 407 g/mol. The molecule has 8 heteroatoms. The highest BCUT2D eigenvalue weighted by molar-refractivity contribution is 7.23. The summed E-state index contributed by atoms with van der Waals surface area (Å²) < 4.78 is 1.04. The summed E-state index contributed by atoms with van der Waals surface area (Å²) in [6, 6.07) is 14.4. The summed E-state index contributed by atoms with van der Waals surface area (Å²) in [6.45, 7) is 0. The van der Waals surface area contributed by atoms with E-state index in [-0.39, 0.29) is 0 Å². The predicted molar refractivity (Wildman–Crippen MR) is 120 cm³/mol. The molecule has 0 radical (unpaired) electrons. The fourth-order valence-corrected chi connectivity index (χ4v) is 4.86. The zero-order chi connectivity index (χ0) is 19.7. The van der Waals surface area contributed by atoms with Crippen molar-refractivity contribution in [3.05, 3.63) is 61.1 Å². The average molecular weight is 407 g/mol. The Bertz CT molecular complexity index is 1770. The first-order valence-corrected chi connectivity index (χ1v) is 10.3. The van der Waals surface area contributed by atoms with Crippen LogP contribution in [0.15, 0.2) is 61.1 Å². The standard InChI is InChI=1S/C22H13N7S/c1-2-15-14-8-11(1)12-7-13(10-23-9-12)25-18-4-3-17(30-18)21-20-16(5-6-24-21)26-22(27-20)19(14)29-28-15/h1-10,25,28-29H. The molecule has 1 aromatic carbocycles. The Morgan fingerprint density at radius 1 is 0.833 bits per heavy atom. The molecule has 8 bridgehead atoms. The molecular formula is C22H13N7S. The second-order valence-corrected chi connectivity index (χ2v) is 8.29. The van der Waals surface area contributed by atoms with Gasteiger partial charge in [0.2, 0.25) is 0 Å². The van der Waals surface area contributed by atoms with E-state index in [0.717, 1.165) is 59.1 Å². The minimum absolute atomic E-state index is 0.652. The molecule has 2 aliphatic rings. The molecule has 4 aromatic heterocycles. The quantitative estimate of drug-likeness (QED) is 0.317. The molecule has 2 aliphatic heterocycles. The zero-order valence-electron chi connectivity index (χ0n) is 15.5. The molecule has 7 rings (SSSR count). The van der Waals surface area contributed by atoms with E-state index in [1.807, 2.05) is 18.5 Å². The summed E-state index contributed by atoms with van der Waals surface area (Å²) in [5, 5.41) is 8.59. The lowest BCUT2D eigenvalue weighted by atomic mass is 10.1. The molecule has 0 saturated heterocycles. The number of aromatic amines is 3. The van der Waals surface area contributed by atoms with Gasteiger partial charge < -0.3 is 10.1 Å². The number of fused-ring (bicyclic) bond motifs is 9. The number of aromatic nitrogens is 7. The van der Waals surface area contributed by atoms with Crippen LogP contribution in [0.1, 0.15) is 0 Å². The maximum atomic E-state index is 4.86. The predicted octanol–water partition coefficient (Wildman–Crippen LogP) is 5.31. The lowest BCUT2D eigenvalue weighted by Crippen LogP contribution is -1.80. The van der Waals surface area contributed by atoms with Crippen LogP contribution in [0.2, 0.25) is 0 Å². The van der Waals surface area contributed by atoms with Gasteiger partial charge in [0.05, 0.1) is 32.3 Å². The molecule has 0 amide bonds. The Kier molecular flexibility index (Phi) is 3.03. The van der Waals surface area contributed by atoms with Gasteiger partial charge in [0, 0.05) is 23.3 Å². The number of H-pyrrole nitrogens is 3. The van der Waals surface area contributed by atoms with Crippen molar-refractivity contribution in [1.82, 2.24) is 35.1 Å². The van der Waals surface area contributed by atoms with Crippen LogP contribution in [0.5, 0.6) is 0 Å². The number of benzene rings is 1. The molecule has 0 unspecified atom stereocenters. The Hall–Kier alpha value is -4.04. The van der Waals surface area contributed by atoms with Crippen molar-refractivity contribution in [2.45, 2.75) is 0 Å². The molecule has 0 atom stereocenters. The van der Waals surface area contributed by atoms with Gasteiger partial charge in [-0.25, -0.2) is 9.97 Å². The van der Waals surface area contributed by atoms with Crippen LogP contribution in [0.4, 0.5) is 0 Å². The molecular weight excluding hydrogens is 394 g/mol. The van der Waals surface area contributed by atoms with Crippen LogP contribution >= 0.6 is 11.3 Å². The van der Waals surface area contributed by atoms with Gasteiger partial charge in [0.15, 0.2) is 5.65 Å². The van der Waals surface area contributed by atoms with E-state index >= 15 is 0 Å². The first-order chi connectivity index (χ1) is 14.8. The van der Waals surface area contributed by atoms with Crippen LogP contribution in [0, 0.1) is 0 Å². The SMILES string of the molecule is c1cc2nc3nc2c(n1)c1ccc([nH]c2cncc(c2)c2ccc4[nH][nH]c3-c4c2)s1. The van der Waals surface area contributed by atoms with Crippen molar-refractivity contribution in [2.75, 3.05) is 0 Å². The summed E-state index contributed by atoms with van der Waals surface area (Å²) in [5.74, 6) is 0.